The van der Waals surface area contributed by atoms with Crippen molar-refractivity contribution in [1.82, 2.24) is 0 Å². The zero-order valence-electron chi connectivity index (χ0n) is 11.5. The SMILES string of the molecule is Cc1cccc(-c2c(Br)ccc3c2C=CC3C)c1C. The topological polar surface area (TPSA) is 0 Å². The number of fused-ring (bicyclic) bond motifs is 1. The molecule has 1 atom stereocenters. The largest absolute Gasteiger partial charge is 0.0766 e. The zero-order chi connectivity index (χ0) is 13.6. The fourth-order valence-corrected chi connectivity index (χ4v) is 3.38. The molecule has 0 spiro atoms. The van der Waals surface area contributed by atoms with Gasteiger partial charge in [-0.2, -0.15) is 0 Å². The Bertz CT molecular complexity index is 680. The number of halogens is 1. The molecule has 1 heteroatoms. The summed E-state index contributed by atoms with van der Waals surface area (Å²) in [5.74, 6) is 0.520. The molecule has 1 aliphatic carbocycles. The highest BCUT2D eigenvalue weighted by Gasteiger charge is 2.20. The maximum atomic E-state index is 3.73. The molecule has 19 heavy (non-hydrogen) atoms. The highest BCUT2D eigenvalue weighted by molar-refractivity contribution is 9.10. The van der Waals surface area contributed by atoms with Crippen molar-refractivity contribution >= 4 is 22.0 Å². The number of hydrogen-bond donors (Lipinski definition) is 0. The normalized spacial score (nSPS) is 16.7. The second-order valence-electron chi connectivity index (χ2n) is 5.32. The van der Waals surface area contributed by atoms with E-state index in [0.29, 0.717) is 5.92 Å². The van der Waals surface area contributed by atoms with Crippen LogP contribution in [0.25, 0.3) is 17.2 Å². The van der Waals surface area contributed by atoms with Crippen molar-refractivity contribution < 1.29 is 0 Å². The summed E-state index contributed by atoms with van der Waals surface area (Å²) in [5, 5.41) is 0. The van der Waals surface area contributed by atoms with Gasteiger partial charge in [0.1, 0.15) is 0 Å². The molecule has 1 aliphatic rings. The molecule has 0 heterocycles. The Morgan fingerprint density at radius 2 is 1.84 bits per heavy atom. The molecule has 2 aromatic carbocycles. The minimum absolute atomic E-state index is 0.520. The van der Waals surface area contributed by atoms with Gasteiger partial charge in [0.25, 0.3) is 0 Å². The van der Waals surface area contributed by atoms with Gasteiger partial charge in [-0.25, -0.2) is 0 Å². The fraction of sp³-hybridized carbons (Fsp3) is 0.222. The summed E-state index contributed by atoms with van der Waals surface area (Å²) < 4.78 is 1.18. The first-order valence-electron chi connectivity index (χ1n) is 6.67. The van der Waals surface area contributed by atoms with E-state index in [4.69, 9.17) is 0 Å². The van der Waals surface area contributed by atoms with E-state index in [0.717, 1.165) is 0 Å². The second-order valence-corrected chi connectivity index (χ2v) is 6.17. The molecule has 0 aliphatic heterocycles. The van der Waals surface area contributed by atoms with E-state index in [2.05, 4.69) is 79.2 Å². The predicted molar refractivity (Wildman–Crippen MR) is 86.5 cm³/mol. The van der Waals surface area contributed by atoms with Gasteiger partial charge in [0.05, 0.1) is 0 Å². The van der Waals surface area contributed by atoms with Gasteiger partial charge in [0.2, 0.25) is 0 Å². The number of benzene rings is 2. The molecule has 2 aromatic rings. The molecule has 0 amide bonds. The van der Waals surface area contributed by atoms with Crippen molar-refractivity contribution in [3.63, 3.8) is 0 Å². The Hall–Kier alpha value is -1.34. The average molecular weight is 313 g/mol. The first-order valence-corrected chi connectivity index (χ1v) is 7.46. The van der Waals surface area contributed by atoms with E-state index < -0.39 is 0 Å². The summed E-state index contributed by atoms with van der Waals surface area (Å²) in [5.41, 5.74) is 8.18. The molecule has 3 rings (SSSR count). The van der Waals surface area contributed by atoms with Gasteiger partial charge in [-0.15, -0.1) is 0 Å². The average Bonchev–Trinajstić information content (AvgIpc) is 2.75. The summed E-state index contributed by atoms with van der Waals surface area (Å²) in [4.78, 5) is 0. The predicted octanol–water partition coefficient (Wildman–Crippen LogP) is 5.86. The van der Waals surface area contributed by atoms with Gasteiger partial charge in [-0.1, -0.05) is 59.3 Å². The maximum Gasteiger partial charge on any atom is 0.0260 e. The van der Waals surface area contributed by atoms with Crippen LogP contribution in [-0.4, -0.2) is 0 Å². The Morgan fingerprint density at radius 3 is 2.63 bits per heavy atom. The third-order valence-electron chi connectivity index (χ3n) is 4.14. The Kier molecular flexibility index (Phi) is 3.10. The van der Waals surface area contributed by atoms with E-state index in [9.17, 15) is 0 Å². The molecule has 0 saturated carbocycles. The van der Waals surface area contributed by atoms with E-state index in [1.807, 2.05) is 0 Å². The van der Waals surface area contributed by atoms with Gasteiger partial charge < -0.3 is 0 Å². The Morgan fingerprint density at radius 1 is 1.05 bits per heavy atom. The molecule has 1 unspecified atom stereocenters. The van der Waals surface area contributed by atoms with E-state index in [1.54, 1.807) is 0 Å². The van der Waals surface area contributed by atoms with Crippen LogP contribution in [0.4, 0.5) is 0 Å². The van der Waals surface area contributed by atoms with Crippen molar-refractivity contribution in [2.45, 2.75) is 26.7 Å². The monoisotopic (exact) mass is 312 g/mol. The van der Waals surface area contributed by atoms with Crippen LogP contribution in [0.15, 0.2) is 40.9 Å². The van der Waals surface area contributed by atoms with Gasteiger partial charge in [-0.05, 0) is 53.6 Å². The minimum atomic E-state index is 0.520. The Balaban J connectivity index is 2.32. The summed E-state index contributed by atoms with van der Waals surface area (Å²) in [6.07, 6.45) is 4.55. The smallest absolute Gasteiger partial charge is 0.0260 e. The lowest BCUT2D eigenvalue weighted by Gasteiger charge is -2.15. The molecule has 0 aromatic heterocycles. The fourth-order valence-electron chi connectivity index (χ4n) is 2.83. The summed E-state index contributed by atoms with van der Waals surface area (Å²) >= 11 is 3.73. The minimum Gasteiger partial charge on any atom is -0.0766 e. The first kappa shape index (κ1) is 12.7. The molecule has 0 fully saturated rings. The molecule has 0 N–H and O–H groups in total. The van der Waals surface area contributed by atoms with Crippen LogP contribution in [0.1, 0.15) is 35.1 Å². The third-order valence-corrected chi connectivity index (χ3v) is 4.81. The van der Waals surface area contributed by atoms with Crippen LogP contribution in [0.2, 0.25) is 0 Å². The van der Waals surface area contributed by atoms with E-state index in [-0.39, 0.29) is 0 Å². The number of rotatable bonds is 1. The van der Waals surface area contributed by atoms with Gasteiger partial charge in [0.15, 0.2) is 0 Å². The molecule has 0 bridgehead atoms. The Labute approximate surface area is 123 Å². The lowest BCUT2D eigenvalue weighted by atomic mass is 9.91. The standard InChI is InChI=1S/C18H17Br/c1-11-5-4-6-15(13(11)3)18-16-8-7-12(2)14(16)9-10-17(18)19/h4-10,12H,1-3H3. The summed E-state index contributed by atoms with van der Waals surface area (Å²) in [6, 6.07) is 11.0. The molecule has 0 radical (unpaired) electrons. The van der Waals surface area contributed by atoms with Crippen molar-refractivity contribution in [2.24, 2.45) is 0 Å². The highest BCUT2D eigenvalue weighted by Crippen LogP contribution is 2.42. The van der Waals surface area contributed by atoms with Crippen molar-refractivity contribution in [3.8, 4) is 11.1 Å². The molecule has 0 saturated heterocycles. The first-order chi connectivity index (χ1) is 9.09. The molecular weight excluding hydrogens is 296 g/mol. The van der Waals surface area contributed by atoms with Crippen LogP contribution in [0.3, 0.4) is 0 Å². The maximum absolute atomic E-state index is 3.73. The lowest BCUT2D eigenvalue weighted by Crippen LogP contribution is -1.94. The molecule has 96 valence electrons. The lowest BCUT2D eigenvalue weighted by molar-refractivity contribution is 0.990. The van der Waals surface area contributed by atoms with E-state index >= 15 is 0 Å². The number of allylic oxidation sites excluding steroid dienone is 1. The summed E-state index contributed by atoms with van der Waals surface area (Å²) in [7, 11) is 0. The zero-order valence-corrected chi connectivity index (χ0v) is 13.1. The van der Waals surface area contributed by atoms with Crippen molar-refractivity contribution in [3.05, 3.63) is 63.1 Å². The molecular formula is C18H17Br. The van der Waals surface area contributed by atoms with Crippen LogP contribution >= 0.6 is 15.9 Å². The second kappa shape index (κ2) is 4.64. The number of aryl methyl sites for hydroxylation is 1. The van der Waals surface area contributed by atoms with Gasteiger partial charge >= 0.3 is 0 Å². The quantitative estimate of drug-likeness (QED) is 0.618. The highest BCUT2D eigenvalue weighted by atomic mass is 79.9. The van der Waals surface area contributed by atoms with Crippen LogP contribution < -0.4 is 0 Å². The number of hydrogen-bond acceptors (Lipinski definition) is 0. The summed E-state index contributed by atoms with van der Waals surface area (Å²) in [6.45, 7) is 6.64. The third kappa shape index (κ3) is 1.97. The van der Waals surface area contributed by atoms with Gasteiger partial charge in [-0.3, -0.25) is 0 Å². The molecule has 0 nitrogen and oxygen atoms in total. The van der Waals surface area contributed by atoms with Crippen LogP contribution in [-0.2, 0) is 0 Å². The van der Waals surface area contributed by atoms with Gasteiger partial charge in [0, 0.05) is 10.0 Å². The van der Waals surface area contributed by atoms with Crippen molar-refractivity contribution in [1.29, 1.82) is 0 Å². The van der Waals surface area contributed by atoms with Crippen LogP contribution in [0.5, 0.6) is 0 Å². The van der Waals surface area contributed by atoms with E-state index in [1.165, 1.54) is 37.9 Å². The van der Waals surface area contributed by atoms with Crippen LogP contribution in [0, 0.1) is 13.8 Å². The van der Waals surface area contributed by atoms with Crippen molar-refractivity contribution in [2.75, 3.05) is 0 Å².